The number of likely N-dealkylation sites (tertiary alicyclic amines) is 1. The fourth-order valence-electron chi connectivity index (χ4n) is 4.03. The van der Waals surface area contributed by atoms with Crippen LogP contribution in [0.1, 0.15) is 29.6 Å². The Hall–Kier alpha value is -1.92. The van der Waals surface area contributed by atoms with Gasteiger partial charge in [-0.3, -0.25) is 9.69 Å². The Bertz CT molecular complexity index is 766. The minimum Gasteiger partial charge on any atom is -0.449 e. The number of pyridine rings is 1. The first-order valence-corrected chi connectivity index (χ1v) is 9.14. The van der Waals surface area contributed by atoms with E-state index in [1.165, 1.54) is 0 Å². The zero-order valence-corrected chi connectivity index (χ0v) is 14.9. The van der Waals surface area contributed by atoms with Gasteiger partial charge in [-0.15, -0.1) is 0 Å². The van der Waals surface area contributed by atoms with Crippen molar-refractivity contribution in [3.8, 4) is 0 Å². The lowest BCUT2D eigenvalue weighted by Crippen LogP contribution is -2.47. The molecule has 0 radical (unpaired) electrons. The van der Waals surface area contributed by atoms with Crippen LogP contribution in [0, 0.1) is 12.8 Å². The first-order chi connectivity index (χ1) is 12.2. The molecular formula is C19H25N3O3. The molecule has 2 aromatic heterocycles. The average molecular weight is 343 g/mol. The summed E-state index contributed by atoms with van der Waals surface area (Å²) in [4.78, 5) is 21.8. The Morgan fingerprint density at radius 2 is 2.08 bits per heavy atom. The van der Waals surface area contributed by atoms with Crippen LogP contribution in [0.15, 0.2) is 22.6 Å². The smallest absolute Gasteiger partial charge is 0.289 e. The molecule has 0 unspecified atom stereocenters. The summed E-state index contributed by atoms with van der Waals surface area (Å²) in [6.45, 7) is 9.19. The molecule has 134 valence electrons. The molecule has 4 rings (SSSR count). The predicted molar refractivity (Wildman–Crippen MR) is 94.6 cm³/mol. The van der Waals surface area contributed by atoms with E-state index in [-0.39, 0.29) is 5.91 Å². The fraction of sp³-hybridized carbons (Fsp3) is 0.579. The zero-order valence-electron chi connectivity index (χ0n) is 14.9. The minimum atomic E-state index is -0.0233. The molecule has 4 heterocycles. The van der Waals surface area contributed by atoms with Gasteiger partial charge in [-0.25, -0.2) is 4.98 Å². The Morgan fingerprint density at radius 3 is 2.84 bits per heavy atom. The summed E-state index contributed by atoms with van der Waals surface area (Å²) in [5, 5.41) is 0. The number of carbonyl (C=O) groups is 1. The highest BCUT2D eigenvalue weighted by atomic mass is 16.5. The van der Waals surface area contributed by atoms with Crippen LogP contribution in [-0.4, -0.2) is 66.1 Å². The quantitative estimate of drug-likeness (QED) is 0.856. The van der Waals surface area contributed by atoms with Crippen molar-refractivity contribution in [2.45, 2.75) is 26.3 Å². The van der Waals surface area contributed by atoms with Crippen molar-refractivity contribution in [3.63, 3.8) is 0 Å². The molecule has 1 amide bonds. The number of aromatic nitrogens is 1. The molecule has 2 atom stereocenters. The Labute approximate surface area is 147 Å². The number of carbonyl (C=O) groups excluding carboxylic acids is 1. The zero-order chi connectivity index (χ0) is 17.4. The van der Waals surface area contributed by atoms with E-state index in [2.05, 4.69) is 16.8 Å². The van der Waals surface area contributed by atoms with Crippen LogP contribution in [0.5, 0.6) is 0 Å². The SMILES string of the molecule is CC[C@@H]1CN(C(=O)c2cc3nc(C)ccc3o2)C[C@H]1N1CCOCC1. The number of furan rings is 1. The molecule has 2 aliphatic heterocycles. The van der Waals surface area contributed by atoms with Gasteiger partial charge in [0.2, 0.25) is 0 Å². The fourth-order valence-corrected chi connectivity index (χ4v) is 4.03. The highest BCUT2D eigenvalue weighted by Crippen LogP contribution is 2.28. The predicted octanol–water partition coefficient (Wildman–Crippen LogP) is 2.32. The van der Waals surface area contributed by atoms with Gasteiger partial charge in [0.25, 0.3) is 5.91 Å². The molecule has 2 fully saturated rings. The molecule has 0 spiro atoms. The second-order valence-corrected chi connectivity index (χ2v) is 7.04. The molecule has 0 bridgehead atoms. The second kappa shape index (κ2) is 6.77. The van der Waals surface area contributed by atoms with Crippen molar-refractivity contribution in [2.75, 3.05) is 39.4 Å². The average Bonchev–Trinajstić information content (AvgIpc) is 3.25. The largest absolute Gasteiger partial charge is 0.449 e. The van der Waals surface area contributed by atoms with Gasteiger partial charge in [0.15, 0.2) is 11.3 Å². The Morgan fingerprint density at radius 1 is 1.28 bits per heavy atom. The standard InChI is InChI=1S/C19H25N3O3/c1-3-14-11-22(12-16(14)21-6-8-24-9-7-21)19(23)18-10-15-17(25-18)5-4-13(2)20-15/h4-5,10,14,16H,3,6-9,11-12H2,1-2H3/t14-,16-/m1/s1. The van der Waals surface area contributed by atoms with Crippen LogP contribution in [0.2, 0.25) is 0 Å². The maximum absolute atomic E-state index is 13.0. The number of ether oxygens (including phenoxy) is 1. The highest BCUT2D eigenvalue weighted by Gasteiger charge is 2.39. The van der Waals surface area contributed by atoms with Crippen LogP contribution >= 0.6 is 0 Å². The molecule has 2 aromatic rings. The topological polar surface area (TPSA) is 58.8 Å². The lowest BCUT2D eigenvalue weighted by atomic mass is 9.99. The monoisotopic (exact) mass is 343 g/mol. The first kappa shape index (κ1) is 16.5. The molecule has 6 nitrogen and oxygen atoms in total. The number of nitrogens with zero attached hydrogens (tertiary/aromatic N) is 3. The number of fused-ring (bicyclic) bond motifs is 1. The van der Waals surface area contributed by atoms with Crippen LogP contribution in [0.3, 0.4) is 0 Å². The lowest BCUT2D eigenvalue weighted by molar-refractivity contribution is 0.0102. The van der Waals surface area contributed by atoms with Crippen molar-refractivity contribution in [1.29, 1.82) is 0 Å². The normalized spacial score (nSPS) is 25.0. The molecule has 0 saturated carbocycles. The number of hydrogen-bond acceptors (Lipinski definition) is 5. The summed E-state index contributed by atoms with van der Waals surface area (Å²) in [5.41, 5.74) is 2.34. The number of hydrogen-bond donors (Lipinski definition) is 0. The molecule has 0 aromatic carbocycles. The number of aryl methyl sites for hydroxylation is 1. The maximum Gasteiger partial charge on any atom is 0.289 e. The summed E-state index contributed by atoms with van der Waals surface area (Å²) in [7, 11) is 0. The van der Waals surface area contributed by atoms with Gasteiger partial charge in [0.1, 0.15) is 5.52 Å². The van der Waals surface area contributed by atoms with Crippen molar-refractivity contribution in [3.05, 3.63) is 29.7 Å². The third-order valence-electron chi connectivity index (χ3n) is 5.46. The Balaban J connectivity index is 1.53. The molecule has 25 heavy (non-hydrogen) atoms. The maximum atomic E-state index is 13.0. The van der Waals surface area contributed by atoms with E-state index in [9.17, 15) is 4.79 Å². The summed E-state index contributed by atoms with van der Waals surface area (Å²) < 4.78 is 11.2. The lowest BCUT2D eigenvalue weighted by Gasteiger charge is -2.34. The van der Waals surface area contributed by atoms with Crippen molar-refractivity contribution in [1.82, 2.24) is 14.8 Å². The van der Waals surface area contributed by atoms with Crippen LogP contribution in [-0.2, 0) is 4.74 Å². The van der Waals surface area contributed by atoms with E-state index in [1.54, 1.807) is 6.07 Å². The van der Waals surface area contributed by atoms with Crippen molar-refractivity contribution in [2.24, 2.45) is 5.92 Å². The molecular weight excluding hydrogens is 318 g/mol. The second-order valence-electron chi connectivity index (χ2n) is 7.04. The Kier molecular flexibility index (Phi) is 4.48. The number of morpholine rings is 1. The number of amides is 1. The van der Waals surface area contributed by atoms with E-state index >= 15 is 0 Å². The third-order valence-corrected chi connectivity index (χ3v) is 5.46. The molecule has 0 N–H and O–H groups in total. The van der Waals surface area contributed by atoms with Gasteiger partial charge < -0.3 is 14.1 Å². The molecule has 2 saturated heterocycles. The third kappa shape index (κ3) is 3.16. The summed E-state index contributed by atoms with van der Waals surface area (Å²) in [6, 6.07) is 5.97. The molecule has 6 heteroatoms. The summed E-state index contributed by atoms with van der Waals surface area (Å²) in [5.74, 6) is 0.877. The number of rotatable bonds is 3. The summed E-state index contributed by atoms with van der Waals surface area (Å²) >= 11 is 0. The first-order valence-electron chi connectivity index (χ1n) is 9.14. The van der Waals surface area contributed by atoms with Gasteiger partial charge in [-0.2, -0.15) is 0 Å². The molecule has 0 aliphatic carbocycles. The van der Waals surface area contributed by atoms with Gasteiger partial charge in [0, 0.05) is 44.0 Å². The highest BCUT2D eigenvalue weighted by molar-refractivity contribution is 5.95. The van der Waals surface area contributed by atoms with E-state index < -0.39 is 0 Å². The minimum absolute atomic E-state index is 0.0233. The molecule has 2 aliphatic rings. The van der Waals surface area contributed by atoms with Gasteiger partial charge in [-0.1, -0.05) is 13.3 Å². The van der Waals surface area contributed by atoms with E-state index in [4.69, 9.17) is 9.15 Å². The van der Waals surface area contributed by atoms with Crippen molar-refractivity contribution < 1.29 is 13.9 Å². The van der Waals surface area contributed by atoms with Gasteiger partial charge >= 0.3 is 0 Å². The van der Waals surface area contributed by atoms with E-state index in [0.29, 0.717) is 23.3 Å². The summed E-state index contributed by atoms with van der Waals surface area (Å²) in [6.07, 6.45) is 1.08. The van der Waals surface area contributed by atoms with Crippen LogP contribution < -0.4 is 0 Å². The van der Waals surface area contributed by atoms with Crippen LogP contribution in [0.25, 0.3) is 11.1 Å². The van der Waals surface area contributed by atoms with Gasteiger partial charge in [-0.05, 0) is 25.0 Å². The van der Waals surface area contributed by atoms with E-state index in [0.717, 1.165) is 57.0 Å². The van der Waals surface area contributed by atoms with Crippen molar-refractivity contribution >= 4 is 17.0 Å². The van der Waals surface area contributed by atoms with Gasteiger partial charge in [0.05, 0.1) is 13.2 Å². The van der Waals surface area contributed by atoms with E-state index in [1.807, 2.05) is 24.0 Å². The van der Waals surface area contributed by atoms with Crippen LogP contribution in [0.4, 0.5) is 0 Å².